The van der Waals surface area contributed by atoms with Crippen LogP contribution < -0.4 is 10.1 Å². The summed E-state index contributed by atoms with van der Waals surface area (Å²) in [4.78, 5) is 24.8. The summed E-state index contributed by atoms with van der Waals surface area (Å²) in [7, 11) is 3.44. The molecule has 0 spiro atoms. The molecular formula is C15H20N2O3. The monoisotopic (exact) mass is 276 g/mol. The first-order valence-corrected chi connectivity index (χ1v) is 6.71. The first kappa shape index (κ1) is 14.5. The molecule has 2 amide bonds. The number of rotatable bonds is 5. The van der Waals surface area contributed by atoms with Crippen LogP contribution in [0.1, 0.15) is 30.0 Å². The summed E-state index contributed by atoms with van der Waals surface area (Å²) in [6, 6.07) is 5.77. The zero-order valence-corrected chi connectivity index (χ0v) is 12.1. The van der Waals surface area contributed by atoms with Gasteiger partial charge in [-0.3, -0.25) is 14.5 Å². The maximum Gasteiger partial charge on any atom is 0.229 e. The lowest BCUT2D eigenvalue weighted by atomic mass is 10.0. The van der Waals surface area contributed by atoms with Gasteiger partial charge in [0.1, 0.15) is 5.75 Å². The Morgan fingerprint density at radius 3 is 2.50 bits per heavy atom. The summed E-state index contributed by atoms with van der Waals surface area (Å²) in [6.07, 6.45) is 0.639. The fourth-order valence-electron chi connectivity index (χ4n) is 2.48. The van der Waals surface area contributed by atoms with Crippen LogP contribution in [0, 0.1) is 6.92 Å². The third-order valence-electron chi connectivity index (χ3n) is 3.63. The van der Waals surface area contributed by atoms with E-state index in [1.54, 1.807) is 7.11 Å². The lowest BCUT2D eigenvalue weighted by Gasteiger charge is -2.24. The van der Waals surface area contributed by atoms with Gasteiger partial charge in [0.25, 0.3) is 0 Å². The number of ether oxygens (including phenoxy) is 1. The average molecular weight is 276 g/mol. The van der Waals surface area contributed by atoms with Crippen LogP contribution in [0.5, 0.6) is 5.75 Å². The topological polar surface area (TPSA) is 58.6 Å². The smallest absolute Gasteiger partial charge is 0.229 e. The highest BCUT2D eigenvalue weighted by Gasteiger charge is 2.31. The van der Waals surface area contributed by atoms with E-state index in [2.05, 4.69) is 5.32 Å². The first-order chi connectivity index (χ1) is 9.56. The van der Waals surface area contributed by atoms with Crippen molar-refractivity contribution >= 4 is 11.8 Å². The van der Waals surface area contributed by atoms with Crippen LogP contribution in [0.3, 0.4) is 0 Å². The van der Waals surface area contributed by atoms with Gasteiger partial charge in [-0.05, 0) is 20.0 Å². The highest BCUT2D eigenvalue weighted by Crippen LogP contribution is 2.28. The van der Waals surface area contributed by atoms with Gasteiger partial charge in [0.05, 0.1) is 13.2 Å². The minimum Gasteiger partial charge on any atom is -0.496 e. The number of benzene rings is 1. The normalized spacial score (nSPS) is 16.6. The van der Waals surface area contributed by atoms with Crippen molar-refractivity contribution in [1.82, 2.24) is 10.2 Å². The molecule has 0 radical (unpaired) electrons. The quantitative estimate of drug-likeness (QED) is 0.826. The van der Waals surface area contributed by atoms with E-state index < -0.39 is 0 Å². The Labute approximate surface area is 118 Å². The van der Waals surface area contributed by atoms with Gasteiger partial charge in [-0.25, -0.2) is 0 Å². The van der Waals surface area contributed by atoms with Gasteiger partial charge in [0.2, 0.25) is 11.8 Å². The Balaban J connectivity index is 2.26. The van der Waals surface area contributed by atoms with E-state index in [0.29, 0.717) is 19.4 Å². The molecule has 108 valence electrons. The van der Waals surface area contributed by atoms with Crippen molar-refractivity contribution < 1.29 is 14.3 Å². The van der Waals surface area contributed by atoms with E-state index in [0.717, 1.165) is 16.9 Å². The number of carbonyl (C=O) groups excluding carboxylic acids is 2. The molecule has 20 heavy (non-hydrogen) atoms. The number of methoxy groups -OCH3 is 1. The van der Waals surface area contributed by atoms with Crippen molar-refractivity contribution in [3.63, 3.8) is 0 Å². The summed E-state index contributed by atoms with van der Waals surface area (Å²) in [6.45, 7) is 2.34. The third kappa shape index (κ3) is 2.82. The van der Waals surface area contributed by atoms with Crippen molar-refractivity contribution in [3.05, 3.63) is 29.3 Å². The van der Waals surface area contributed by atoms with Crippen LogP contribution in [-0.4, -0.2) is 37.4 Å². The Morgan fingerprint density at radius 2 is 1.95 bits per heavy atom. The fraction of sp³-hybridized carbons (Fsp3) is 0.467. The van der Waals surface area contributed by atoms with Crippen molar-refractivity contribution in [2.45, 2.75) is 25.8 Å². The predicted octanol–water partition coefficient (Wildman–Crippen LogP) is 1.41. The summed E-state index contributed by atoms with van der Waals surface area (Å²) in [5.41, 5.74) is 2.07. The minimum atomic E-state index is -0.129. The van der Waals surface area contributed by atoms with Gasteiger partial charge < -0.3 is 10.1 Å². The summed E-state index contributed by atoms with van der Waals surface area (Å²) >= 11 is 0. The Hall–Kier alpha value is -1.88. The maximum absolute atomic E-state index is 11.7. The molecule has 0 bridgehead atoms. The highest BCUT2D eigenvalue weighted by molar-refractivity contribution is 6.01. The van der Waals surface area contributed by atoms with Gasteiger partial charge >= 0.3 is 0 Å². The largest absolute Gasteiger partial charge is 0.496 e. The van der Waals surface area contributed by atoms with E-state index >= 15 is 0 Å². The predicted molar refractivity (Wildman–Crippen MR) is 75.5 cm³/mol. The van der Waals surface area contributed by atoms with Gasteiger partial charge in [-0.1, -0.05) is 17.7 Å². The molecule has 1 aliphatic rings. The fourth-order valence-corrected chi connectivity index (χ4v) is 2.48. The lowest BCUT2D eigenvalue weighted by Crippen LogP contribution is -2.37. The molecule has 1 heterocycles. The molecular weight excluding hydrogens is 256 g/mol. The molecule has 5 heteroatoms. The summed E-state index contributed by atoms with van der Waals surface area (Å²) in [5.74, 6) is 0.567. The molecule has 0 saturated carbocycles. The molecule has 1 aromatic carbocycles. The van der Waals surface area contributed by atoms with Gasteiger partial charge in [-0.2, -0.15) is 0 Å². The summed E-state index contributed by atoms with van der Waals surface area (Å²) in [5, 5.41) is 3.16. The van der Waals surface area contributed by atoms with E-state index in [9.17, 15) is 9.59 Å². The molecule has 1 atom stereocenters. The van der Waals surface area contributed by atoms with Crippen LogP contribution >= 0.6 is 0 Å². The number of likely N-dealkylation sites (N-methyl/N-ethyl adjacent to an activating group) is 1. The number of hydrogen-bond donors (Lipinski definition) is 1. The number of aryl methyl sites for hydroxylation is 1. The molecule has 5 nitrogen and oxygen atoms in total. The van der Waals surface area contributed by atoms with Gasteiger partial charge in [0, 0.05) is 24.9 Å². The van der Waals surface area contributed by atoms with E-state index in [1.165, 1.54) is 4.90 Å². The first-order valence-electron chi connectivity index (χ1n) is 6.71. The van der Waals surface area contributed by atoms with Crippen LogP contribution in [-0.2, 0) is 9.59 Å². The molecule has 2 rings (SSSR count). The second kappa shape index (κ2) is 6.05. The molecule has 1 N–H and O–H groups in total. The Bertz CT molecular complexity index is 512. The SMILES string of the molecule is CNC(CN1C(=O)CCC1=O)c1cc(C)ccc1OC. The number of carbonyl (C=O) groups is 2. The highest BCUT2D eigenvalue weighted by atomic mass is 16.5. The van der Waals surface area contributed by atoms with Crippen molar-refractivity contribution in [2.75, 3.05) is 20.7 Å². The van der Waals surface area contributed by atoms with Gasteiger partial charge in [-0.15, -0.1) is 0 Å². The summed E-state index contributed by atoms with van der Waals surface area (Å²) < 4.78 is 5.37. The molecule has 1 saturated heterocycles. The van der Waals surface area contributed by atoms with Crippen molar-refractivity contribution in [3.8, 4) is 5.75 Å². The molecule has 1 aliphatic heterocycles. The third-order valence-corrected chi connectivity index (χ3v) is 3.63. The molecule has 1 aromatic rings. The number of imide groups is 1. The van der Waals surface area contributed by atoms with Crippen molar-refractivity contribution in [1.29, 1.82) is 0 Å². The van der Waals surface area contributed by atoms with E-state index in [1.807, 2.05) is 32.2 Å². The number of amides is 2. The van der Waals surface area contributed by atoms with Crippen LogP contribution in [0.25, 0.3) is 0 Å². The molecule has 0 aliphatic carbocycles. The van der Waals surface area contributed by atoms with Crippen molar-refractivity contribution in [2.24, 2.45) is 0 Å². The van der Waals surface area contributed by atoms with E-state index in [-0.39, 0.29) is 17.9 Å². The van der Waals surface area contributed by atoms with Crippen LogP contribution in [0.15, 0.2) is 18.2 Å². The van der Waals surface area contributed by atoms with Crippen LogP contribution in [0.4, 0.5) is 0 Å². The Kier molecular flexibility index (Phi) is 4.39. The standard InChI is InChI=1S/C15H20N2O3/c1-10-4-5-13(20-3)11(8-10)12(16-2)9-17-14(18)6-7-15(17)19/h4-5,8,12,16H,6-7,9H2,1-3H3. The van der Waals surface area contributed by atoms with Crippen LogP contribution in [0.2, 0.25) is 0 Å². The van der Waals surface area contributed by atoms with Gasteiger partial charge in [0.15, 0.2) is 0 Å². The number of hydrogen-bond acceptors (Lipinski definition) is 4. The number of likely N-dealkylation sites (tertiary alicyclic amines) is 1. The minimum absolute atomic E-state index is 0.0955. The average Bonchev–Trinajstić information content (AvgIpc) is 2.75. The van der Waals surface area contributed by atoms with E-state index in [4.69, 9.17) is 4.74 Å². The zero-order chi connectivity index (χ0) is 14.7. The lowest BCUT2D eigenvalue weighted by molar-refractivity contribution is -0.138. The molecule has 0 aromatic heterocycles. The zero-order valence-electron chi connectivity index (χ0n) is 12.1. The molecule has 1 unspecified atom stereocenters. The number of nitrogens with zero attached hydrogens (tertiary/aromatic N) is 1. The second-order valence-corrected chi connectivity index (χ2v) is 4.98. The Morgan fingerprint density at radius 1 is 1.30 bits per heavy atom. The maximum atomic E-state index is 11.7. The second-order valence-electron chi connectivity index (χ2n) is 4.98. The number of nitrogens with one attached hydrogen (secondary N) is 1. The molecule has 1 fully saturated rings.